The molecule has 18 heavy (non-hydrogen) atoms. The number of nitrogens with one attached hydrogen (secondary N) is 2. The molecule has 1 aliphatic rings. The Labute approximate surface area is 103 Å². The van der Waals surface area contributed by atoms with Crippen LogP contribution < -0.4 is 10.6 Å². The minimum atomic E-state index is -1.15. The first-order chi connectivity index (χ1) is 8.52. The summed E-state index contributed by atoms with van der Waals surface area (Å²) in [7, 11) is 0. The van der Waals surface area contributed by atoms with Gasteiger partial charge in [0.15, 0.2) is 0 Å². The van der Waals surface area contributed by atoms with Crippen LogP contribution in [0.1, 0.15) is 19.3 Å². The first-order valence-electron chi connectivity index (χ1n) is 5.60. The predicted octanol–water partition coefficient (Wildman–Crippen LogP) is 1.95. The van der Waals surface area contributed by atoms with Crippen LogP contribution in [0.5, 0.6) is 0 Å². The van der Waals surface area contributed by atoms with Gasteiger partial charge in [-0.05, 0) is 43.5 Å². The highest BCUT2D eigenvalue weighted by Crippen LogP contribution is 2.32. The van der Waals surface area contributed by atoms with Gasteiger partial charge in [0.2, 0.25) is 0 Å². The van der Waals surface area contributed by atoms with Crippen molar-refractivity contribution in [2.75, 3.05) is 5.32 Å². The fraction of sp³-hybridized carbons (Fsp3) is 0.333. The molecule has 0 saturated heterocycles. The van der Waals surface area contributed by atoms with Gasteiger partial charge in [-0.3, -0.25) is 0 Å². The third-order valence-electron chi connectivity index (χ3n) is 3.07. The van der Waals surface area contributed by atoms with Crippen molar-refractivity contribution in [1.82, 2.24) is 5.32 Å². The summed E-state index contributed by atoms with van der Waals surface area (Å²) in [6.07, 6.45) is 1.64. The summed E-state index contributed by atoms with van der Waals surface area (Å²) in [6, 6.07) is 4.65. The lowest BCUT2D eigenvalue weighted by atomic mass is 9.77. The van der Waals surface area contributed by atoms with Gasteiger partial charge in [-0.1, -0.05) is 0 Å². The SMILES string of the molecule is O=C(Nc1ccc(F)cc1)NC1(C(=O)O)CCC1. The molecule has 1 aromatic rings. The molecule has 5 nitrogen and oxygen atoms in total. The van der Waals surface area contributed by atoms with Crippen molar-refractivity contribution >= 4 is 17.7 Å². The standard InChI is InChI=1S/C12H13FN2O3/c13-8-2-4-9(5-3-8)14-11(18)15-12(10(16)17)6-1-7-12/h2-5H,1,6-7H2,(H,16,17)(H2,14,15,18). The molecule has 6 heteroatoms. The molecule has 2 rings (SSSR count). The van der Waals surface area contributed by atoms with E-state index in [0.717, 1.165) is 6.42 Å². The predicted molar refractivity (Wildman–Crippen MR) is 62.8 cm³/mol. The number of hydrogen-bond donors (Lipinski definition) is 3. The number of halogens is 1. The van der Waals surface area contributed by atoms with Crippen LogP contribution in [0.25, 0.3) is 0 Å². The van der Waals surface area contributed by atoms with E-state index in [1.54, 1.807) is 0 Å². The fourth-order valence-electron chi connectivity index (χ4n) is 1.84. The van der Waals surface area contributed by atoms with Crippen LogP contribution in [-0.4, -0.2) is 22.6 Å². The lowest BCUT2D eigenvalue weighted by Crippen LogP contribution is -2.60. The van der Waals surface area contributed by atoms with Gasteiger partial charge in [-0.15, -0.1) is 0 Å². The second-order valence-electron chi connectivity index (χ2n) is 4.33. The largest absolute Gasteiger partial charge is 0.480 e. The molecule has 0 radical (unpaired) electrons. The van der Waals surface area contributed by atoms with E-state index >= 15 is 0 Å². The molecule has 2 amide bonds. The summed E-state index contributed by atoms with van der Waals surface area (Å²) < 4.78 is 12.7. The summed E-state index contributed by atoms with van der Waals surface area (Å²) >= 11 is 0. The monoisotopic (exact) mass is 252 g/mol. The van der Waals surface area contributed by atoms with E-state index in [9.17, 15) is 14.0 Å². The maximum Gasteiger partial charge on any atom is 0.329 e. The molecule has 1 aromatic carbocycles. The Morgan fingerprint density at radius 2 is 1.83 bits per heavy atom. The zero-order chi connectivity index (χ0) is 13.2. The Morgan fingerprint density at radius 3 is 2.28 bits per heavy atom. The first kappa shape index (κ1) is 12.3. The molecular formula is C12H13FN2O3. The Bertz CT molecular complexity index is 469. The van der Waals surface area contributed by atoms with Crippen LogP contribution in [0, 0.1) is 5.82 Å². The summed E-state index contributed by atoms with van der Waals surface area (Å²) in [5.41, 5.74) is -0.738. The van der Waals surface area contributed by atoms with Crippen LogP contribution in [-0.2, 0) is 4.79 Å². The van der Waals surface area contributed by atoms with Crippen molar-refractivity contribution < 1.29 is 19.1 Å². The zero-order valence-corrected chi connectivity index (χ0v) is 9.57. The molecule has 0 aromatic heterocycles. The maximum atomic E-state index is 12.7. The summed E-state index contributed by atoms with van der Waals surface area (Å²) in [5.74, 6) is -1.43. The topological polar surface area (TPSA) is 78.4 Å². The number of urea groups is 1. The van der Waals surface area contributed by atoms with Crippen molar-refractivity contribution in [2.45, 2.75) is 24.8 Å². The van der Waals surface area contributed by atoms with Gasteiger partial charge < -0.3 is 15.7 Å². The van der Waals surface area contributed by atoms with Gasteiger partial charge in [-0.2, -0.15) is 0 Å². The number of benzene rings is 1. The lowest BCUT2D eigenvalue weighted by molar-refractivity contribution is -0.148. The van der Waals surface area contributed by atoms with Gasteiger partial charge in [0.1, 0.15) is 11.4 Å². The number of amides is 2. The van der Waals surface area contributed by atoms with Gasteiger partial charge in [0.25, 0.3) is 0 Å². The average molecular weight is 252 g/mol. The van der Waals surface area contributed by atoms with E-state index in [-0.39, 0.29) is 0 Å². The lowest BCUT2D eigenvalue weighted by Gasteiger charge is -2.38. The summed E-state index contributed by atoms with van der Waals surface area (Å²) in [4.78, 5) is 22.7. The molecule has 96 valence electrons. The van der Waals surface area contributed by atoms with E-state index in [1.807, 2.05) is 0 Å². The van der Waals surface area contributed by atoms with Crippen LogP contribution in [0.15, 0.2) is 24.3 Å². The molecule has 0 atom stereocenters. The van der Waals surface area contributed by atoms with Crippen molar-refractivity contribution in [3.63, 3.8) is 0 Å². The van der Waals surface area contributed by atoms with Crippen molar-refractivity contribution in [1.29, 1.82) is 0 Å². The van der Waals surface area contributed by atoms with Gasteiger partial charge >= 0.3 is 12.0 Å². The molecule has 3 N–H and O–H groups in total. The van der Waals surface area contributed by atoms with E-state index in [0.29, 0.717) is 18.5 Å². The Kier molecular flexibility index (Phi) is 3.18. The second-order valence-corrected chi connectivity index (χ2v) is 4.33. The minimum Gasteiger partial charge on any atom is -0.480 e. The number of aliphatic carboxylic acids is 1. The van der Waals surface area contributed by atoms with Crippen molar-refractivity contribution in [2.24, 2.45) is 0 Å². The third-order valence-corrected chi connectivity index (χ3v) is 3.07. The van der Waals surface area contributed by atoms with Gasteiger partial charge in [-0.25, -0.2) is 14.0 Å². The van der Waals surface area contributed by atoms with Crippen molar-refractivity contribution in [3.05, 3.63) is 30.1 Å². The van der Waals surface area contributed by atoms with Crippen molar-refractivity contribution in [3.8, 4) is 0 Å². The smallest absolute Gasteiger partial charge is 0.329 e. The number of rotatable bonds is 3. The van der Waals surface area contributed by atoms with E-state index in [2.05, 4.69) is 10.6 Å². The quantitative estimate of drug-likeness (QED) is 0.769. The molecule has 0 bridgehead atoms. The summed E-state index contributed by atoms with van der Waals surface area (Å²) in [6.45, 7) is 0. The minimum absolute atomic E-state index is 0.401. The number of carbonyl (C=O) groups is 2. The highest BCUT2D eigenvalue weighted by molar-refractivity contribution is 5.94. The molecule has 1 saturated carbocycles. The van der Waals surface area contributed by atoms with Crippen LogP contribution >= 0.6 is 0 Å². The van der Waals surface area contributed by atoms with E-state index in [1.165, 1.54) is 24.3 Å². The molecule has 1 fully saturated rings. The maximum absolute atomic E-state index is 12.7. The number of carbonyl (C=O) groups excluding carboxylic acids is 1. The van der Waals surface area contributed by atoms with Crippen LogP contribution in [0.3, 0.4) is 0 Å². The van der Waals surface area contributed by atoms with E-state index in [4.69, 9.17) is 5.11 Å². The number of carboxylic acids is 1. The Hall–Kier alpha value is -2.11. The molecule has 0 unspecified atom stereocenters. The van der Waals surface area contributed by atoms with Gasteiger partial charge in [0.05, 0.1) is 0 Å². The fourth-order valence-corrected chi connectivity index (χ4v) is 1.84. The number of anilines is 1. The van der Waals surface area contributed by atoms with Gasteiger partial charge in [0, 0.05) is 5.69 Å². The van der Waals surface area contributed by atoms with E-state index < -0.39 is 23.4 Å². The Morgan fingerprint density at radius 1 is 1.22 bits per heavy atom. The summed E-state index contributed by atoms with van der Waals surface area (Å²) in [5, 5.41) is 14.0. The second kappa shape index (κ2) is 4.64. The van der Waals surface area contributed by atoms with Crippen LogP contribution in [0.2, 0.25) is 0 Å². The average Bonchev–Trinajstić information content (AvgIpc) is 2.26. The number of carboxylic acid groups (broad SMARTS) is 1. The highest BCUT2D eigenvalue weighted by atomic mass is 19.1. The first-order valence-corrected chi connectivity index (χ1v) is 5.60. The molecule has 0 aliphatic heterocycles. The molecule has 0 heterocycles. The number of hydrogen-bond acceptors (Lipinski definition) is 2. The molecular weight excluding hydrogens is 239 g/mol. The normalized spacial score (nSPS) is 16.5. The molecule has 0 spiro atoms. The Balaban J connectivity index is 1.96. The zero-order valence-electron chi connectivity index (χ0n) is 9.57. The third kappa shape index (κ3) is 2.42. The highest BCUT2D eigenvalue weighted by Gasteiger charge is 2.45. The van der Waals surface area contributed by atoms with Crippen LogP contribution in [0.4, 0.5) is 14.9 Å². The molecule has 1 aliphatic carbocycles.